The number of aromatic amines is 1. The van der Waals surface area contributed by atoms with Gasteiger partial charge in [0.1, 0.15) is 23.0 Å². The second kappa shape index (κ2) is 32.1. The molecule has 3 N–H and O–H groups in total. The Balaban J connectivity index is 0.000000202. The summed E-state index contributed by atoms with van der Waals surface area (Å²) in [6.45, 7) is 0. The van der Waals surface area contributed by atoms with Crippen molar-refractivity contribution < 1.29 is 71.6 Å². The predicted molar refractivity (Wildman–Crippen MR) is 383 cm³/mol. The molecule has 2 aromatic heterocycles. The number of para-hydroxylation sites is 4. The number of fused-ring (bicyclic) bond motifs is 6. The minimum atomic E-state index is -2.60. The Kier molecular flexibility index (Phi) is 21.8. The Morgan fingerprint density at radius 3 is 0.932 bits per heavy atom. The molecule has 14 aromatic rings. The average Bonchev–Trinajstić information content (AvgIpc) is 1.59. The number of anilines is 10. The molecule has 0 radical (unpaired) electrons. The van der Waals surface area contributed by atoms with E-state index in [1.165, 1.54) is 59.3 Å². The number of ether oxygens (including phenoxy) is 4. The third kappa shape index (κ3) is 17.1. The van der Waals surface area contributed by atoms with E-state index >= 15 is 0 Å². The monoisotopic (exact) mass is 1470 g/mol. The number of rotatable bonds is 19. The molecule has 2 heterocycles. The zero-order valence-corrected chi connectivity index (χ0v) is 54.7. The number of H-pyrrole nitrogens is 1. The fourth-order valence-corrected chi connectivity index (χ4v) is 11.4. The van der Waals surface area contributed by atoms with Gasteiger partial charge in [-0.05, 0) is 218 Å². The van der Waals surface area contributed by atoms with Crippen LogP contribution in [0.2, 0.25) is 0 Å². The molecule has 0 fully saturated rings. The van der Waals surface area contributed by atoms with Gasteiger partial charge in [0.25, 0.3) is 0 Å². The van der Waals surface area contributed by atoms with E-state index in [-0.39, 0.29) is 23.0 Å². The van der Waals surface area contributed by atoms with E-state index in [1.807, 2.05) is 148 Å². The first-order chi connectivity index (χ1) is 49.9. The van der Waals surface area contributed by atoms with Crippen LogP contribution in [-0.4, -0.2) is 9.55 Å². The highest BCUT2D eigenvalue weighted by Gasteiger charge is 2.22. The summed E-state index contributed by atoms with van der Waals surface area (Å²) in [5.41, 5.74) is 12.4. The van der Waals surface area contributed by atoms with Gasteiger partial charge in [-0.3, -0.25) is 0 Å². The lowest BCUT2D eigenvalue weighted by molar-refractivity contribution is 0.241. The van der Waals surface area contributed by atoms with E-state index in [0.717, 1.165) is 49.0 Å². The SMILES string of the molecule is FC(F)=C(F)Oc1ccc(Br)cc1.FC(F)=C(F)Oc1ccc(N(c2ccccc2)c2ccc3c(c2)c2cc(N(c4ccccc4)c4ccc(OC(F)=C(F)F)cc4)ccc2n3-c2ccc(OC(F)=C(F)F)cc2)cc1.c1ccc(Nc2ccc3[nH]c4ccc(Nc5ccccc5)cc4c3c2)cc1. The van der Waals surface area contributed by atoms with Crippen molar-refractivity contribution in [1.29, 1.82) is 0 Å². The highest BCUT2D eigenvalue weighted by atomic mass is 79.9. The van der Waals surface area contributed by atoms with Crippen LogP contribution < -0.4 is 39.4 Å². The van der Waals surface area contributed by atoms with Crippen molar-refractivity contribution >= 4 is 116 Å². The van der Waals surface area contributed by atoms with Crippen molar-refractivity contribution in [2.75, 3.05) is 20.4 Å². The van der Waals surface area contributed by atoms with Crippen molar-refractivity contribution in [3.63, 3.8) is 0 Å². The highest BCUT2D eigenvalue weighted by molar-refractivity contribution is 9.10. The molecule has 14 rings (SSSR count). The van der Waals surface area contributed by atoms with E-state index < -0.39 is 48.4 Å². The second-order valence-electron chi connectivity index (χ2n) is 22.2. The quantitative estimate of drug-likeness (QED) is 0.0545. The van der Waals surface area contributed by atoms with E-state index in [2.05, 4.69) is 111 Å². The zero-order valence-electron chi connectivity index (χ0n) is 53.1. The number of nitrogens with one attached hydrogen (secondary N) is 3. The average molecular weight is 1470 g/mol. The van der Waals surface area contributed by atoms with Gasteiger partial charge in [0.15, 0.2) is 0 Å². The van der Waals surface area contributed by atoms with Crippen LogP contribution >= 0.6 is 15.9 Å². The maximum atomic E-state index is 13.7. The molecule has 0 aliphatic heterocycles. The lowest BCUT2D eigenvalue weighted by Crippen LogP contribution is -2.10. The molecule has 0 saturated heterocycles. The van der Waals surface area contributed by atoms with Gasteiger partial charge in [-0.2, -0.15) is 52.7 Å². The van der Waals surface area contributed by atoms with E-state index in [0.29, 0.717) is 50.8 Å². The van der Waals surface area contributed by atoms with Crippen LogP contribution in [0.5, 0.6) is 23.0 Å². The molecule has 0 saturated carbocycles. The first-order valence-electron chi connectivity index (χ1n) is 31.0. The summed E-state index contributed by atoms with van der Waals surface area (Å²) in [5, 5.41) is 10.8. The smallest absolute Gasteiger partial charge is 0.344 e. The minimum absolute atomic E-state index is 0.0218. The molecular formula is C80H51BrF12N6O4. The summed E-state index contributed by atoms with van der Waals surface area (Å²) in [4.78, 5) is 7.29. The van der Waals surface area contributed by atoms with Gasteiger partial charge in [0, 0.05) is 99.6 Å². The van der Waals surface area contributed by atoms with Gasteiger partial charge in [-0.15, -0.1) is 0 Å². The molecule has 10 nitrogen and oxygen atoms in total. The van der Waals surface area contributed by atoms with Crippen LogP contribution in [0.25, 0.3) is 49.3 Å². The van der Waals surface area contributed by atoms with Crippen LogP contribution in [0.3, 0.4) is 0 Å². The first kappa shape index (κ1) is 70.1. The molecule has 0 amide bonds. The van der Waals surface area contributed by atoms with Crippen molar-refractivity contribution in [2.45, 2.75) is 0 Å². The van der Waals surface area contributed by atoms with Crippen LogP contribution in [0, 0.1) is 0 Å². The zero-order chi connectivity index (χ0) is 72.1. The lowest BCUT2D eigenvalue weighted by atomic mass is 10.1. The van der Waals surface area contributed by atoms with Crippen LogP contribution in [0.4, 0.5) is 110 Å². The third-order valence-electron chi connectivity index (χ3n) is 15.5. The van der Waals surface area contributed by atoms with Crippen molar-refractivity contribution in [3.05, 3.63) is 344 Å². The van der Waals surface area contributed by atoms with Gasteiger partial charge in [0.2, 0.25) is 0 Å². The summed E-state index contributed by atoms with van der Waals surface area (Å²) < 4.78 is 174. The Morgan fingerprint density at radius 2 is 0.592 bits per heavy atom. The van der Waals surface area contributed by atoms with Gasteiger partial charge >= 0.3 is 48.4 Å². The van der Waals surface area contributed by atoms with Gasteiger partial charge < -0.3 is 48.9 Å². The fraction of sp³-hybridized carbons (Fsp3) is 0. The Bertz CT molecular complexity index is 5140. The standard InChI is InChI=1S/C48H28F9N3O3.C24H19N3.C8H4BrF3O/c49-43(50)46(55)61-36-19-11-31(12-20-36)58(29-7-3-1-4-8-29)34-17-25-41-39(27-34)40-28-35(18-26-42(40)60(41)33-15-23-38(24-16-33)63-48(57)45(53)54)59(30-9-5-2-6-10-30)32-13-21-37(22-14-32)62-47(56)44(51)52;1-3-7-17(8-4-1)25-19-11-13-23-21(15-19)22-16-20(12-14-24(22)27-23)26-18-9-5-2-6-10-18;9-5-1-3-6(4-2-5)13-8(12)7(10)11/h1-28H;1-16,25-27H;1-4H. The number of halogens is 13. The second-order valence-corrected chi connectivity index (χ2v) is 23.1. The van der Waals surface area contributed by atoms with Gasteiger partial charge in [0.05, 0.1) is 11.0 Å². The largest absolute Gasteiger partial charge is 0.428 e. The Labute approximate surface area is 587 Å². The fourth-order valence-electron chi connectivity index (χ4n) is 11.1. The first-order valence-corrected chi connectivity index (χ1v) is 31.8. The van der Waals surface area contributed by atoms with Crippen LogP contribution in [0.15, 0.2) is 344 Å². The summed E-state index contributed by atoms with van der Waals surface area (Å²) >= 11 is 3.13. The summed E-state index contributed by atoms with van der Waals surface area (Å²) in [6, 6.07) is 78.6. The number of nitrogens with zero attached hydrogens (tertiary/aromatic N) is 3. The maximum Gasteiger partial charge on any atom is 0.344 e. The number of hydrogen-bond donors (Lipinski definition) is 3. The molecule has 0 unspecified atom stereocenters. The molecule has 12 aromatic carbocycles. The molecular weight excluding hydrogens is 1420 g/mol. The molecule has 0 aliphatic carbocycles. The molecule has 0 spiro atoms. The number of hydrogen-bond acceptors (Lipinski definition) is 8. The molecule has 0 atom stereocenters. The van der Waals surface area contributed by atoms with Crippen molar-refractivity contribution in [1.82, 2.24) is 9.55 Å². The van der Waals surface area contributed by atoms with Crippen molar-refractivity contribution in [2.24, 2.45) is 0 Å². The van der Waals surface area contributed by atoms with E-state index in [4.69, 9.17) is 0 Å². The maximum absolute atomic E-state index is 13.7. The molecule has 0 bridgehead atoms. The topological polar surface area (TPSA) is 88.2 Å². The van der Waals surface area contributed by atoms with Crippen molar-refractivity contribution in [3.8, 4) is 28.7 Å². The Morgan fingerprint density at radius 1 is 0.291 bits per heavy atom. The molecule has 0 aliphatic rings. The van der Waals surface area contributed by atoms with E-state index in [1.54, 1.807) is 48.5 Å². The minimum Gasteiger partial charge on any atom is -0.428 e. The summed E-state index contributed by atoms with van der Waals surface area (Å²) in [7, 11) is 0. The normalized spacial score (nSPS) is 10.8. The third-order valence-corrected chi connectivity index (χ3v) is 16.1. The Hall–Kier alpha value is -12.8. The van der Waals surface area contributed by atoms with Gasteiger partial charge in [-0.1, -0.05) is 88.7 Å². The molecule has 23 heteroatoms. The highest BCUT2D eigenvalue weighted by Crippen LogP contribution is 2.44. The number of benzene rings is 12. The summed E-state index contributed by atoms with van der Waals surface area (Å²) in [6.07, 6.45) is -10.3. The summed E-state index contributed by atoms with van der Waals surface area (Å²) in [5.74, 6) is -0.457. The van der Waals surface area contributed by atoms with Crippen LogP contribution in [-0.2, 0) is 0 Å². The molecule has 103 heavy (non-hydrogen) atoms. The van der Waals surface area contributed by atoms with Gasteiger partial charge in [-0.25, -0.2) is 0 Å². The predicted octanol–water partition coefficient (Wildman–Crippen LogP) is 26.6. The van der Waals surface area contributed by atoms with Crippen LogP contribution in [0.1, 0.15) is 0 Å². The lowest BCUT2D eigenvalue weighted by Gasteiger charge is -2.26. The van der Waals surface area contributed by atoms with E-state index in [9.17, 15) is 52.7 Å². The number of aromatic nitrogens is 2. The molecule has 516 valence electrons.